The van der Waals surface area contributed by atoms with Gasteiger partial charge in [-0.1, -0.05) is 23.7 Å². The second-order valence-electron chi connectivity index (χ2n) is 6.67. The molecule has 1 unspecified atom stereocenters. The minimum Gasteiger partial charge on any atom is -0.497 e. The molecule has 0 fully saturated rings. The van der Waals surface area contributed by atoms with Crippen LogP contribution in [0.3, 0.4) is 0 Å². The van der Waals surface area contributed by atoms with Gasteiger partial charge in [-0.05, 0) is 30.3 Å². The van der Waals surface area contributed by atoms with Gasteiger partial charge in [-0.2, -0.15) is 0 Å². The van der Waals surface area contributed by atoms with Crippen molar-refractivity contribution in [2.45, 2.75) is 5.92 Å². The molecule has 6 nitrogen and oxygen atoms in total. The summed E-state index contributed by atoms with van der Waals surface area (Å²) in [4.78, 5) is 17.7. The summed E-state index contributed by atoms with van der Waals surface area (Å²) in [7, 11) is 3.12. The fourth-order valence-electron chi connectivity index (χ4n) is 3.38. The Morgan fingerprint density at radius 1 is 1.14 bits per heavy atom. The molecule has 0 radical (unpaired) electrons. The van der Waals surface area contributed by atoms with Crippen molar-refractivity contribution < 1.29 is 14.3 Å². The second kappa shape index (κ2) is 8.01. The fraction of sp³-hybridized carbons (Fsp3) is 0.182. The summed E-state index contributed by atoms with van der Waals surface area (Å²) >= 11 is 6.23. The molecule has 0 spiro atoms. The first kappa shape index (κ1) is 19.1. The summed E-state index contributed by atoms with van der Waals surface area (Å²) in [6, 6.07) is 14.6. The van der Waals surface area contributed by atoms with Crippen LogP contribution in [0.4, 0.5) is 17.2 Å². The highest BCUT2D eigenvalue weighted by Crippen LogP contribution is 2.36. The summed E-state index contributed by atoms with van der Waals surface area (Å²) in [6.07, 6.45) is 1.72. The molecular formula is C22H20ClN3O3. The fourth-order valence-corrected chi connectivity index (χ4v) is 3.56. The molecule has 7 heteroatoms. The summed E-state index contributed by atoms with van der Waals surface area (Å²) in [5.41, 5.74) is 2.92. The number of nitrogens with one attached hydrogen (secondary N) is 2. The maximum absolute atomic E-state index is 13.2. The minimum atomic E-state index is -0.359. The van der Waals surface area contributed by atoms with Crippen LogP contribution in [0.5, 0.6) is 11.5 Å². The van der Waals surface area contributed by atoms with E-state index in [4.69, 9.17) is 21.1 Å². The highest BCUT2D eigenvalue weighted by molar-refractivity contribution is 6.33. The Morgan fingerprint density at radius 3 is 2.55 bits per heavy atom. The van der Waals surface area contributed by atoms with Gasteiger partial charge in [-0.25, -0.2) is 4.98 Å². The molecule has 1 aliphatic heterocycles. The van der Waals surface area contributed by atoms with Crippen LogP contribution < -0.4 is 20.1 Å². The van der Waals surface area contributed by atoms with E-state index >= 15 is 0 Å². The van der Waals surface area contributed by atoms with Crippen molar-refractivity contribution in [2.24, 2.45) is 0 Å². The summed E-state index contributed by atoms with van der Waals surface area (Å²) < 4.78 is 10.6. The van der Waals surface area contributed by atoms with Crippen molar-refractivity contribution in [3.8, 4) is 11.5 Å². The smallest absolute Gasteiger partial charge is 0.172 e. The zero-order chi connectivity index (χ0) is 20.4. The molecule has 4 rings (SSSR count). The molecular weight excluding hydrogens is 390 g/mol. The first-order valence-electron chi connectivity index (χ1n) is 9.11. The second-order valence-corrected chi connectivity index (χ2v) is 7.07. The molecule has 0 saturated heterocycles. The van der Waals surface area contributed by atoms with Gasteiger partial charge < -0.3 is 20.1 Å². The van der Waals surface area contributed by atoms with E-state index in [0.717, 1.165) is 16.9 Å². The number of carbonyl (C=O) groups excluding carboxylic acids is 1. The van der Waals surface area contributed by atoms with E-state index in [9.17, 15) is 4.79 Å². The Kier molecular flexibility index (Phi) is 5.27. The van der Waals surface area contributed by atoms with Gasteiger partial charge in [0.15, 0.2) is 5.78 Å². The normalized spacial score (nSPS) is 14.7. The van der Waals surface area contributed by atoms with Crippen LogP contribution in [0, 0.1) is 0 Å². The standard InChI is InChI=1S/C22H20ClN3O3/c1-28-15-7-13(8-16(10-15)29-2)21(27)18-12-25-22-17(18)9-14(11-24-22)26-20-6-4-3-5-19(20)23/h3-11,18,26H,12H2,1-2H3,(H,24,25). The molecule has 2 N–H and O–H groups in total. The third-order valence-corrected chi connectivity index (χ3v) is 5.20. The maximum Gasteiger partial charge on any atom is 0.172 e. The average molecular weight is 410 g/mol. The Morgan fingerprint density at radius 2 is 1.86 bits per heavy atom. The number of nitrogens with zero attached hydrogens (tertiary/aromatic N) is 1. The number of pyridine rings is 1. The number of para-hydroxylation sites is 1. The lowest BCUT2D eigenvalue weighted by Gasteiger charge is -2.13. The first-order valence-corrected chi connectivity index (χ1v) is 9.49. The molecule has 2 heterocycles. The number of hydrogen-bond acceptors (Lipinski definition) is 6. The van der Waals surface area contributed by atoms with Crippen LogP contribution in [0.1, 0.15) is 21.8 Å². The van der Waals surface area contributed by atoms with Crippen LogP contribution in [0.25, 0.3) is 0 Å². The number of carbonyl (C=O) groups is 1. The van der Waals surface area contributed by atoms with E-state index in [0.29, 0.717) is 34.4 Å². The number of aromatic nitrogens is 1. The van der Waals surface area contributed by atoms with E-state index in [1.54, 1.807) is 38.6 Å². The predicted octanol–water partition coefficient (Wildman–Crippen LogP) is 4.89. The molecule has 0 saturated carbocycles. The third-order valence-electron chi connectivity index (χ3n) is 4.87. The molecule has 1 atom stereocenters. The number of ketones is 1. The van der Waals surface area contributed by atoms with Crippen LogP contribution in [-0.2, 0) is 0 Å². The SMILES string of the molecule is COc1cc(OC)cc(C(=O)C2CNc3ncc(Nc4ccccc4Cl)cc32)c1. The Hall–Kier alpha value is -3.25. The van der Waals surface area contributed by atoms with Crippen LogP contribution in [0.2, 0.25) is 5.02 Å². The number of benzene rings is 2. The number of fused-ring (bicyclic) bond motifs is 1. The molecule has 1 aliphatic rings. The number of Topliss-reactive ketones (excluding diaryl/α,β-unsaturated/α-hetero) is 1. The van der Waals surface area contributed by atoms with Gasteiger partial charge >= 0.3 is 0 Å². The van der Waals surface area contributed by atoms with Crippen molar-refractivity contribution in [1.29, 1.82) is 0 Å². The van der Waals surface area contributed by atoms with Crippen LogP contribution >= 0.6 is 11.6 Å². The number of hydrogen-bond donors (Lipinski definition) is 2. The van der Waals surface area contributed by atoms with E-state index < -0.39 is 0 Å². The zero-order valence-electron chi connectivity index (χ0n) is 16.0. The number of methoxy groups -OCH3 is 2. The molecule has 0 bridgehead atoms. The average Bonchev–Trinajstić information content (AvgIpc) is 3.17. The Labute approximate surface area is 173 Å². The lowest BCUT2D eigenvalue weighted by atomic mass is 9.93. The quantitative estimate of drug-likeness (QED) is 0.565. The van der Waals surface area contributed by atoms with Gasteiger partial charge in [0.2, 0.25) is 0 Å². The van der Waals surface area contributed by atoms with Gasteiger partial charge in [0.05, 0.1) is 42.7 Å². The Balaban J connectivity index is 1.64. The van der Waals surface area contributed by atoms with Gasteiger partial charge in [0.1, 0.15) is 17.3 Å². The summed E-state index contributed by atoms with van der Waals surface area (Å²) in [6.45, 7) is 0.482. The highest BCUT2D eigenvalue weighted by Gasteiger charge is 2.31. The summed E-state index contributed by atoms with van der Waals surface area (Å²) in [5.74, 6) is 1.48. The van der Waals surface area contributed by atoms with E-state index in [1.807, 2.05) is 30.3 Å². The van der Waals surface area contributed by atoms with Crippen molar-refractivity contribution in [3.63, 3.8) is 0 Å². The first-order chi connectivity index (χ1) is 14.1. The maximum atomic E-state index is 13.2. The molecule has 29 heavy (non-hydrogen) atoms. The van der Waals surface area contributed by atoms with Gasteiger partial charge in [-0.15, -0.1) is 0 Å². The topological polar surface area (TPSA) is 72.5 Å². The van der Waals surface area contributed by atoms with Crippen LogP contribution in [0.15, 0.2) is 54.7 Å². The molecule has 0 amide bonds. The zero-order valence-corrected chi connectivity index (χ0v) is 16.8. The molecule has 148 valence electrons. The molecule has 0 aliphatic carbocycles. The van der Waals surface area contributed by atoms with E-state index in [-0.39, 0.29) is 11.7 Å². The Bertz CT molecular complexity index is 1050. The monoisotopic (exact) mass is 409 g/mol. The minimum absolute atomic E-state index is 0.0230. The number of anilines is 3. The number of ether oxygens (including phenoxy) is 2. The predicted molar refractivity (Wildman–Crippen MR) is 114 cm³/mol. The van der Waals surface area contributed by atoms with E-state index in [2.05, 4.69) is 15.6 Å². The lowest BCUT2D eigenvalue weighted by Crippen LogP contribution is -2.15. The van der Waals surface area contributed by atoms with Gasteiger partial charge in [0, 0.05) is 23.7 Å². The van der Waals surface area contributed by atoms with Crippen molar-refractivity contribution in [1.82, 2.24) is 4.98 Å². The molecule has 1 aromatic heterocycles. The van der Waals surface area contributed by atoms with E-state index in [1.165, 1.54) is 0 Å². The summed E-state index contributed by atoms with van der Waals surface area (Å²) in [5, 5.41) is 7.09. The molecule has 3 aromatic rings. The third kappa shape index (κ3) is 3.84. The largest absolute Gasteiger partial charge is 0.497 e. The van der Waals surface area contributed by atoms with Gasteiger partial charge in [-0.3, -0.25) is 4.79 Å². The lowest BCUT2D eigenvalue weighted by molar-refractivity contribution is 0.0966. The van der Waals surface area contributed by atoms with Crippen molar-refractivity contribution in [3.05, 3.63) is 70.9 Å². The van der Waals surface area contributed by atoms with Crippen molar-refractivity contribution >= 4 is 34.6 Å². The number of halogens is 1. The van der Waals surface area contributed by atoms with Crippen molar-refractivity contribution in [2.75, 3.05) is 31.4 Å². The van der Waals surface area contributed by atoms with Crippen LogP contribution in [-0.4, -0.2) is 31.5 Å². The molecule has 2 aromatic carbocycles. The highest BCUT2D eigenvalue weighted by atomic mass is 35.5. The number of rotatable bonds is 6. The van der Waals surface area contributed by atoms with Gasteiger partial charge in [0.25, 0.3) is 0 Å².